The number of ether oxygens (including phenoxy) is 2. The molecule has 0 aliphatic carbocycles. The molecule has 6 heteroatoms. The molecule has 3 unspecified atom stereocenters. The Bertz CT molecular complexity index is 528. The van der Waals surface area contributed by atoms with Gasteiger partial charge in [-0.15, -0.1) is 0 Å². The van der Waals surface area contributed by atoms with Crippen LogP contribution in [0.25, 0.3) is 0 Å². The van der Waals surface area contributed by atoms with Crippen LogP contribution in [0, 0.1) is 0 Å². The van der Waals surface area contributed by atoms with Crippen molar-refractivity contribution in [3.05, 3.63) is 35.9 Å². The van der Waals surface area contributed by atoms with Crippen LogP contribution in [0.5, 0.6) is 0 Å². The molecule has 0 radical (unpaired) electrons. The fraction of sp³-hybridized carbons (Fsp3) is 0.611. The minimum absolute atomic E-state index is 0.0453. The lowest BCUT2D eigenvalue weighted by atomic mass is 10.2. The van der Waals surface area contributed by atoms with Crippen molar-refractivity contribution in [2.24, 2.45) is 0 Å². The average molecular weight is 350 g/mol. The molecule has 24 heavy (non-hydrogen) atoms. The maximum atomic E-state index is 12.2. The molecule has 3 rings (SSSR count). The predicted octanol–water partition coefficient (Wildman–Crippen LogP) is 2.51. The van der Waals surface area contributed by atoms with Gasteiger partial charge in [0, 0.05) is 30.1 Å². The lowest BCUT2D eigenvalue weighted by Gasteiger charge is -2.33. The fourth-order valence-electron chi connectivity index (χ4n) is 3.08. The van der Waals surface area contributed by atoms with Crippen LogP contribution in [-0.2, 0) is 16.1 Å². The zero-order valence-corrected chi connectivity index (χ0v) is 15.0. The molecule has 132 valence electrons. The number of carbonyl (C=O) groups excluding carboxylic acids is 1. The second-order valence-electron chi connectivity index (χ2n) is 6.46. The molecular weight excluding hydrogens is 324 g/mol. The standard InChI is InChI=1S/C18H26N2O3S/c1-14-9-16(13-24-14)19-10-17-11-20(7-8-22-17)18(21)23-12-15-5-3-2-4-6-15/h2-6,14,16-17,19H,7-13H2,1H3. The SMILES string of the molecule is CC1CC(NCC2CN(C(=O)OCc3ccccc3)CCO2)CS1. The molecule has 0 spiro atoms. The van der Waals surface area contributed by atoms with Gasteiger partial charge < -0.3 is 19.7 Å². The van der Waals surface area contributed by atoms with Crippen molar-refractivity contribution in [1.82, 2.24) is 10.2 Å². The molecule has 5 nitrogen and oxygen atoms in total. The van der Waals surface area contributed by atoms with Crippen molar-refractivity contribution < 1.29 is 14.3 Å². The first-order chi connectivity index (χ1) is 11.7. The number of amides is 1. The third-order valence-corrected chi connectivity index (χ3v) is 5.79. The van der Waals surface area contributed by atoms with E-state index in [0.29, 0.717) is 32.3 Å². The molecule has 0 saturated carbocycles. The van der Waals surface area contributed by atoms with Crippen LogP contribution in [0.15, 0.2) is 30.3 Å². The molecule has 1 N–H and O–H groups in total. The predicted molar refractivity (Wildman–Crippen MR) is 96.3 cm³/mol. The molecule has 1 aromatic rings. The number of hydrogen-bond donors (Lipinski definition) is 1. The highest BCUT2D eigenvalue weighted by Crippen LogP contribution is 2.25. The summed E-state index contributed by atoms with van der Waals surface area (Å²) >= 11 is 2.01. The van der Waals surface area contributed by atoms with E-state index in [0.717, 1.165) is 23.1 Å². The van der Waals surface area contributed by atoms with Gasteiger partial charge in [0.15, 0.2) is 0 Å². The molecule has 2 heterocycles. The van der Waals surface area contributed by atoms with E-state index >= 15 is 0 Å². The summed E-state index contributed by atoms with van der Waals surface area (Å²) in [5.41, 5.74) is 1.00. The number of nitrogens with zero attached hydrogens (tertiary/aromatic N) is 1. The monoisotopic (exact) mass is 350 g/mol. The minimum atomic E-state index is -0.253. The van der Waals surface area contributed by atoms with Crippen LogP contribution in [-0.4, -0.2) is 60.4 Å². The van der Waals surface area contributed by atoms with E-state index in [1.807, 2.05) is 42.1 Å². The van der Waals surface area contributed by atoms with E-state index < -0.39 is 0 Å². The van der Waals surface area contributed by atoms with Crippen LogP contribution in [0.4, 0.5) is 4.79 Å². The van der Waals surface area contributed by atoms with Crippen molar-refractivity contribution >= 4 is 17.9 Å². The Morgan fingerprint density at radius 2 is 2.25 bits per heavy atom. The van der Waals surface area contributed by atoms with Gasteiger partial charge in [-0.05, 0) is 12.0 Å². The Morgan fingerprint density at radius 1 is 1.42 bits per heavy atom. The van der Waals surface area contributed by atoms with Gasteiger partial charge in [-0.25, -0.2) is 4.79 Å². The maximum Gasteiger partial charge on any atom is 0.410 e. The first-order valence-corrected chi connectivity index (χ1v) is 9.68. The van der Waals surface area contributed by atoms with Gasteiger partial charge in [-0.2, -0.15) is 11.8 Å². The topological polar surface area (TPSA) is 50.8 Å². The molecule has 2 fully saturated rings. The van der Waals surface area contributed by atoms with Gasteiger partial charge in [-0.1, -0.05) is 37.3 Å². The minimum Gasteiger partial charge on any atom is -0.445 e. The highest BCUT2D eigenvalue weighted by molar-refractivity contribution is 8.00. The molecule has 0 bridgehead atoms. The summed E-state index contributed by atoms with van der Waals surface area (Å²) in [5.74, 6) is 1.16. The molecule has 2 aliphatic rings. The summed E-state index contributed by atoms with van der Waals surface area (Å²) in [6, 6.07) is 10.3. The molecule has 2 saturated heterocycles. The zero-order chi connectivity index (χ0) is 16.8. The van der Waals surface area contributed by atoms with Gasteiger partial charge in [0.2, 0.25) is 0 Å². The number of benzene rings is 1. The fourth-order valence-corrected chi connectivity index (χ4v) is 4.26. The number of hydrogen-bond acceptors (Lipinski definition) is 5. The van der Waals surface area contributed by atoms with E-state index in [4.69, 9.17) is 9.47 Å². The Hall–Kier alpha value is -1.24. The molecule has 0 aromatic heterocycles. The van der Waals surface area contributed by atoms with Gasteiger partial charge in [-0.3, -0.25) is 0 Å². The van der Waals surface area contributed by atoms with Crippen molar-refractivity contribution in [3.8, 4) is 0 Å². The number of nitrogens with one attached hydrogen (secondary N) is 1. The molecule has 1 aromatic carbocycles. The summed E-state index contributed by atoms with van der Waals surface area (Å²) in [4.78, 5) is 14.0. The summed E-state index contributed by atoms with van der Waals surface area (Å²) < 4.78 is 11.2. The van der Waals surface area contributed by atoms with E-state index in [9.17, 15) is 4.79 Å². The zero-order valence-electron chi connectivity index (χ0n) is 14.1. The Labute approximate surface area is 148 Å². The van der Waals surface area contributed by atoms with Crippen molar-refractivity contribution in [2.45, 2.75) is 37.3 Å². The number of thioether (sulfide) groups is 1. The Morgan fingerprint density at radius 3 is 3.00 bits per heavy atom. The molecule has 2 aliphatic heterocycles. The van der Waals surface area contributed by atoms with Crippen LogP contribution in [0.2, 0.25) is 0 Å². The summed E-state index contributed by atoms with van der Waals surface area (Å²) in [5, 5.41) is 4.31. The van der Waals surface area contributed by atoms with E-state index in [-0.39, 0.29) is 12.2 Å². The van der Waals surface area contributed by atoms with Gasteiger partial charge >= 0.3 is 6.09 Å². The van der Waals surface area contributed by atoms with Crippen molar-refractivity contribution in [2.75, 3.05) is 32.0 Å². The first kappa shape index (κ1) is 17.6. The van der Waals surface area contributed by atoms with Gasteiger partial charge in [0.25, 0.3) is 0 Å². The van der Waals surface area contributed by atoms with Crippen LogP contribution in [0.1, 0.15) is 18.9 Å². The highest BCUT2D eigenvalue weighted by atomic mass is 32.2. The van der Waals surface area contributed by atoms with Gasteiger partial charge in [0.1, 0.15) is 6.61 Å². The quantitative estimate of drug-likeness (QED) is 0.884. The summed E-state index contributed by atoms with van der Waals surface area (Å²) in [7, 11) is 0. The molecular formula is C18H26N2O3S. The van der Waals surface area contributed by atoms with Crippen molar-refractivity contribution in [3.63, 3.8) is 0 Å². The lowest BCUT2D eigenvalue weighted by Crippen LogP contribution is -2.50. The maximum absolute atomic E-state index is 12.2. The lowest BCUT2D eigenvalue weighted by molar-refractivity contribution is -0.0277. The first-order valence-electron chi connectivity index (χ1n) is 8.63. The van der Waals surface area contributed by atoms with Crippen molar-refractivity contribution in [1.29, 1.82) is 0 Å². The highest BCUT2D eigenvalue weighted by Gasteiger charge is 2.27. The van der Waals surface area contributed by atoms with Crippen LogP contribution >= 0.6 is 11.8 Å². The van der Waals surface area contributed by atoms with Crippen LogP contribution in [0.3, 0.4) is 0 Å². The van der Waals surface area contributed by atoms with Gasteiger partial charge in [0.05, 0.1) is 19.3 Å². The van der Waals surface area contributed by atoms with Crippen LogP contribution < -0.4 is 5.32 Å². The summed E-state index contributed by atoms with van der Waals surface area (Å²) in [6.07, 6.45) is 1.00. The average Bonchev–Trinajstić information content (AvgIpc) is 3.04. The van der Waals surface area contributed by atoms with E-state index in [2.05, 4.69) is 12.2 Å². The van der Waals surface area contributed by atoms with E-state index in [1.54, 1.807) is 4.90 Å². The number of carbonyl (C=O) groups is 1. The number of rotatable bonds is 5. The third kappa shape index (κ3) is 5.13. The van der Waals surface area contributed by atoms with E-state index in [1.165, 1.54) is 6.42 Å². The second-order valence-corrected chi connectivity index (χ2v) is 7.94. The Balaban J connectivity index is 1.40. The third-order valence-electron chi connectivity index (χ3n) is 4.43. The molecule has 1 amide bonds. The summed E-state index contributed by atoms with van der Waals surface area (Å²) in [6.45, 7) is 5.14. The molecule has 3 atom stereocenters. The largest absolute Gasteiger partial charge is 0.445 e. The smallest absolute Gasteiger partial charge is 0.410 e. The number of morpholine rings is 1. The second kappa shape index (κ2) is 8.74. The Kier molecular flexibility index (Phi) is 6.40. The normalized spacial score (nSPS) is 27.2.